The third-order valence-corrected chi connectivity index (χ3v) is 2.67. The van der Waals surface area contributed by atoms with Crippen LogP contribution in [0.15, 0.2) is 10.8 Å². The first kappa shape index (κ1) is 6.34. The van der Waals surface area contributed by atoms with Crippen LogP contribution < -0.4 is 5.32 Å². The lowest BCUT2D eigenvalue weighted by molar-refractivity contribution is 0.144. The summed E-state index contributed by atoms with van der Waals surface area (Å²) < 4.78 is 0. The molecular weight excluding hydrogens is 146 g/mol. The molecule has 1 aliphatic rings. The highest BCUT2D eigenvalue weighted by Crippen LogP contribution is 2.33. The predicted octanol–water partition coefficient (Wildman–Crippen LogP) is 1.40. The number of hydrogen-bond acceptors (Lipinski definition) is 3. The molecule has 2 heterocycles. The normalized spacial score (nSPS) is 30.6. The van der Waals surface area contributed by atoms with Gasteiger partial charge in [-0.25, -0.2) is 0 Å². The molecule has 0 saturated carbocycles. The van der Waals surface area contributed by atoms with Gasteiger partial charge in [-0.05, 0) is 23.2 Å². The van der Waals surface area contributed by atoms with Crippen molar-refractivity contribution in [3.63, 3.8) is 0 Å². The molecule has 2 unspecified atom stereocenters. The molecule has 2 N–H and O–H groups in total. The van der Waals surface area contributed by atoms with Crippen LogP contribution in [-0.2, 0) is 0 Å². The van der Waals surface area contributed by atoms with Gasteiger partial charge >= 0.3 is 0 Å². The minimum atomic E-state index is -0.434. The molecule has 0 aromatic carbocycles. The van der Waals surface area contributed by atoms with E-state index in [1.54, 1.807) is 11.3 Å². The Kier molecular flexibility index (Phi) is 1.30. The number of aliphatic hydroxyl groups is 1. The van der Waals surface area contributed by atoms with Crippen LogP contribution in [0.2, 0.25) is 0 Å². The SMILES string of the molecule is CC1NC(O)c2cscc21. The van der Waals surface area contributed by atoms with Crippen LogP contribution >= 0.6 is 11.3 Å². The lowest BCUT2D eigenvalue weighted by atomic mass is 10.1. The number of thiophene rings is 1. The van der Waals surface area contributed by atoms with Crippen molar-refractivity contribution in [1.82, 2.24) is 5.32 Å². The third kappa shape index (κ3) is 0.714. The van der Waals surface area contributed by atoms with Gasteiger partial charge in [0.05, 0.1) is 0 Å². The maximum atomic E-state index is 9.34. The number of rotatable bonds is 0. The predicted molar refractivity (Wildman–Crippen MR) is 40.8 cm³/mol. The van der Waals surface area contributed by atoms with E-state index in [1.165, 1.54) is 5.56 Å². The number of aliphatic hydroxyl groups excluding tert-OH is 1. The van der Waals surface area contributed by atoms with E-state index in [9.17, 15) is 5.11 Å². The fourth-order valence-corrected chi connectivity index (χ4v) is 2.27. The summed E-state index contributed by atoms with van der Waals surface area (Å²) in [4.78, 5) is 0. The first-order valence-electron chi connectivity index (χ1n) is 3.29. The molecule has 0 radical (unpaired) electrons. The van der Waals surface area contributed by atoms with Crippen molar-refractivity contribution in [2.45, 2.75) is 19.2 Å². The summed E-state index contributed by atoms with van der Waals surface area (Å²) in [5.41, 5.74) is 2.30. The lowest BCUT2D eigenvalue weighted by Crippen LogP contribution is -2.14. The standard InChI is InChI=1S/C7H9NOS/c1-4-5-2-10-3-6(5)7(9)8-4/h2-4,7-9H,1H3. The lowest BCUT2D eigenvalue weighted by Gasteiger charge is -2.03. The van der Waals surface area contributed by atoms with Crippen molar-refractivity contribution in [1.29, 1.82) is 0 Å². The summed E-state index contributed by atoms with van der Waals surface area (Å²) in [6.45, 7) is 2.06. The first-order chi connectivity index (χ1) is 4.79. The Labute approximate surface area is 63.5 Å². The second-order valence-corrected chi connectivity index (χ2v) is 3.32. The molecule has 2 atom stereocenters. The molecule has 54 valence electrons. The van der Waals surface area contributed by atoms with Gasteiger partial charge in [0, 0.05) is 11.6 Å². The Morgan fingerprint density at radius 1 is 1.50 bits per heavy atom. The largest absolute Gasteiger partial charge is 0.374 e. The second kappa shape index (κ2) is 2.05. The van der Waals surface area contributed by atoms with Crippen LogP contribution in [-0.4, -0.2) is 5.11 Å². The van der Waals surface area contributed by atoms with Crippen molar-refractivity contribution >= 4 is 11.3 Å². The molecule has 1 aromatic rings. The van der Waals surface area contributed by atoms with E-state index in [2.05, 4.69) is 17.6 Å². The Morgan fingerprint density at radius 2 is 2.20 bits per heavy atom. The summed E-state index contributed by atoms with van der Waals surface area (Å²) in [7, 11) is 0. The molecular formula is C7H9NOS. The van der Waals surface area contributed by atoms with E-state index in [4.69, 9.17) is 0 Å². The Balaban J connectivity index is 2.48. The van der Waals surface area contributed by atoms with E-state index in [1.807, 2.05) is 5.38 Å². The molecule has 2 rings (SSSR count). The van der Waals surface area contributed by atoms with Crippen LogP contribution in [0.4, 0.5) is 0 Å². The van der Waals surface area contributed by atoms with Crippen LogP contribution in [0.1, 0.15) is 30.3 Å². The zero-order chi connectivity index (χ0) is 7.14. The van der Waals surface area contributed by atoms with Crippen molar-refractivity contribution < 1.29 is 5.11 Å². The highest BCUT2D eigenvalue weighted by Gasteiger charge is 2.25. The van der Waals surface area contributed by atoms with Gasteiger partial charge < -0.3 is 5.11 Å². The zero-order valence-corrected chi connectivity index (χ0v) is 6.48. The van der Waals surface area contributed by atoms with Gasteiger partial charge in [-0.1, -0.05) is 0 Å². The topological polar surface area (TPSA) is 32.3 Å². The summed E-state index contributed by atoms with van der Waals surface area (Å²) in [5, 5.41) is 16.4. The van der Waals surface area contributed by atoms with E-state index in [0.717, 1.165) is 5.56 Å². The average molecular weight is 155 g/mol. The maximum absolute atomic E-state index is 9.34. The van der Waals surface area contributed by atoms with E-state index in [-0.39, 0.29) is 0 Å². The summed E-state index contributed by atoms with van der Waals surface area (Å²) >= 11 is 1.65. The van der Waals surface area contributed by atoms with Gasteiger partial charge in [0.25, 0.3) is 0 Å². The van der Waals surface area contributed by atoms with Crippen LogP contribution in [0.25, 0.3) is 0 Å². The maximum Gasteiger partial charge on any atom is 0.132 e. The van der Waals surface area contributed by atoms with Crippen LogP contribution in [0.5, 0.6) is 0 Å². The number of hydrogen-bond donors (Lipinski definition) is 2. The highest BCUT2D eigenvalue weighted by molar-refractivity contribution is 7.08. The molecule has 3 heteroatoms. The fourth-order valence-electron chi connectivity index (χ4n) is 1.31. The van der Waals surface area contributed by atoms with Crippen molar-refractivity contribution in [2.24, 2.45) is 0 Å². The van der Waals surface area contributed by atoms with Crippen LogP contribution in [0, 0.1) is 0 Å². The van der Waals surface area contributed by atoms with E-state index in [0.29, 0.717) is 6.04 Å². The molecule has 0 fully saturated rings. The number of fused-ring (bicyclic) bond motifs is 1. The van der Waals surface area contributed by atoms with Crippen molar-refractivity contribution in [2.75, 3.05) is 0 Å². The molecule has 1 aromatic heterocycles. The first-order valence-corrected chi connectivity index (χ1v) is 4.23. The third-order valence-electron chi connectivity index (χ3n) is 1.89. The van der Waals surface area contributed by atoms with E-state index >= 15 is 0 Å². The van der Waals surface area contributed by atoms with Gasteiger partial charge in [0.1, 0.15) is 6.23 Å². The quantitative estimate of drug-likeness (QED) is 0.593. The molecule has 2 nitrogen and oxygen atoms in total. The monoisotopic (exact) mass is 155 g/mol. The Morgan fingerprint density at radius 3 is 2.90 bits per heavy atom. The number of nitrogens with one attached hydrogen (secondary N) is 1. The fraction of sp³-hybridized carbons (Fsp3) is 0.429. The molecule has 0 bridgehead atoms. The van der Waals surface area contributed by atoms with E-state index < -0.39 is 6.23 Å². The smallest absolute Gasteiger partial charge is 0.132 e. The minimum absolute atomic E-state index is 0.316. The summed E-state index contributed by atoms with van der Waals surface area (Å²) in [5.74, 6) is 0. The molecule has 0 aliphatic carbocycles. The summed E-state index contributed by atoms with van der Waals surface area (Å²) in [6.07, 6.45) is -0.434. The van der Waals surface area contributed by atoms with Gasteiger partial charge in [-0.15, -0.1) is 0 Å². The molecule has 10 heavy (non-hydrogen) atoms. The zero-order valence-electron chi connectivity index (χ0n) is 5.66. The summed E-state index contributed by atoms with van der Waals surface area (Å²) in [6, 6.07) is 0.316. The molecule has 0 amide bonds. The molecule has 0 saturated heterocycles. The average Bonchev–Trinajstić information content (AvgIpc) is 2.39. The molecule has 1 aliphatic heterocycles. The highest BCUT2D eigenvalue weighted by atomic mass is 32.1. The van der Waals surface area contributed by atoms with Crippen molar-refractivity contribution in [3.05, 3.63) is 21.9 Å². The van der Waals surface area contributed by atoms with Gasteiger partial charge in [-0.3, -0.25) is 5.32 Å². The van der Waals surface area contributed by atoms with Gasteiger partial charge in [-0.2, -0.15) is 11.3 Å². The molecule has 0 spiro atoms. The van der Waals surface area contributed by atoms with Crippen molar-refractivity contribution in [3.8, 4) is 0 Å². The Bertz CT molecular complexity index is 223. The van der Waals surface area contributed by atoms with Gasteiger partial charge in [0.2, 0.25) is 0 Å². The van der Waals surface area contributed by atoms with Gasteiger partial charge in [0.15, 0.2) is 0 Å². The second-order valence-electron chi connectivity index (χ2n) is 2.57. The minimum Gasteiger partial charge on any atom is -0.374 e. The van der Waals surface area contributed by atoms with Crippen LogP contribution in [0.3, 0.4) is 0 Å². The Hall–Kier alpha value is -0.380.